The van der Waals surface area contributed by atoms with Crippen LogP contribution in [0.15, 0.2) is 11.6 Å². The van der Waals surface area contributed by atoms with Gasteiger partial charge in [-0.05, 0) is 6.92 Å². The number of aromatic nitrogens is 3. The van der Waals surface area contributed by atoms with Gasteiger partial charge < -0.3 is 5.73 Å². The number of thiazole rings is 1. The van der Waals surface area contributed by atoms with E-state index in [1.165, 1.54) is 0 Å². The van der Waals surface area contributed by atoms with Crippen molar-refractivity contribution in [3.8, 4) is 11.3 Å². The molecule has 0 saturated carbocycles. The molecule has 0 aromatic carbocycles. The fraction of sp³-hybridized carbons (Fsp3) is 0.333. The zero-order valence-corrected chi connectivity index (χ0v) is 9.01. The largest absolute Gasteiger partial charge is 0.325 e. The Morgan fingerprint density at radius 1 is 1.57 bits per heavy atom. The minimum absolute atomic E-state index is 0.504. The maximum atomic E-state index is 5.51. The summed E-state index contributed by atoms with van der Waals surface area (Å²) in [5.74, 6) is 0. The van der Waals surface area contributed by atoms with E-state index in [-0.39, 0.29) is 0 Å². The van der Waals surface area contributed by atoms with Crippen LogP contribution in [-0.4, -0.2) is 14.8 Å². The number of hydrogen-bond donors (Lipinski definition) is 1. The van der Waals surface area contributed by atoms with Crippen LogP contribution >= 0.6 is 11.3 Å². The normalized spacial score (nSPS) is 10.8. The van der Waals surface area contributed by atoms with Crippen molar-refractivity contribution in [2.24, 2.45) is 12.8 Å². The van der Waals surface area contributed by atoms with E-state index in [1.54, 1.807) is 16.0 Å². The standard InChI is InChI=1S/C9H12N4S/c1-6-7(4-13(2)12-6)8-5-14-9(3-10)11-8/h4-5H,3,10H2,1-2H3. The van der Waals surface area contributed by atoms with Crippen LogP contribution in [-0.2, 0) is 13.6 Å². The molecular weight excluding hydrogens is 196 g/mol. The molecule has 0 spiro atoms. The number of aryl methyl sites for hydroxylation is 2. The van der Waals surface area contributed by atoms with Gasteiger partial charge in [-0.3, -0.25) is 4.68 Å². The average Bonchev–Trinajstić information content (AvgIpc) is 2.71. The van der Waals surface area contributed by atoms with Crippen LogP contribution < -0.4 is 5.73 Å². The van der Waals surface area contributed by atoms with Gasteiger partial charge in [-0.15, -0.1) is 11.3 Å². The van der Waals surface area contributed by atoms with E-state index in [4.69, 9.17) is 5.73 Å². The topological polar surface area (TPSA) is 56.7 Å². The molecule has 2 heterocycles. The third kappa shape index (κ3) is 1.56. The second-order valence-corrected chi connectivity index (χ2v) is 4.08. The monoisotopic (exact) mass is 208 g/mol. The number of nitrogens with zero attached hydrogens (tertiary/aromatic N) is 3. The summed E-state index contributed by atoms with van der Waals surface area (Å²) in [6.45, 7) is 2.49. The number of hydrogen-bond acceptors (Lipinski definition) is 4. The molecule has 0 unspecified atom stereocenters. The van der Waals surface area contributed by atoms with Gasteiger partial charge in [0, 0.05) is 30.7 Å². The second-order valence-electron chi connectivity index (χ2n) is 3.13. The Hall–Kier alpha value is -1.20. The summed E-state index contributed by atoms with van der Waals surface area (Å²) < 4.78 is 1.80. The Kier molecular flexibility index (Phi) is 2.35. The quantitative estimate of drug-likeness (QED) is 0.809. The summed E-state index contributed by atoms with van der Waals surface area (Å²) in [7, 11) is 1.91. The van der Waals surface area contributed by atoms with Crippen LogP contribution in [0.1, 0.15) is 10.7 Å². The van der Waals surface area contributed by atoms with Crippen molar-refractivity contribution < 1.29 is 0 Å². The maximum absolute atomic E-state index is 5.51. The van der Waals surface area contributed by atoms with Crippen molar-refractivity contribution in [3.63, 3.8) is 0 Å². The molecule has 74 valence electrons. The van der Waals surface area contributed by atoms with Gasteiger partial charge >= 0.3 is 0 Å². The third-order valence-electron chi connectivity index (χ3n) is 2.02. The summed E-state index contributed by atoms with van der Waals surface area (Å²) in [4.78, 5) is 4.41. The van der Waals surface area contributed by atoms with Crippen LogP contribution in [0.3, 0.4) is 0 Å². The van der Waals surface area contributed by atoms with Crippen LogP contribution in [0, 0.1) is 6.92 Å². The molecule has 0 atom stereocenters. The lowest BCUT2D eigenvalue weighted by molar-refractivity contribution is 0.756. The summed E-state index contributed by atoms with van der Waals surface area (Å²) >= 11 is 1.59. The van der Waals surface area contributed by atoms with Crippen molar-refractivity contribution in [2.75, 3.05) is 0 Å². The van der Waals surface area contributed by atoms with Gasteiger partial charge in [0.1, 0.15) is 5.01 Å². The lowest BCUT2D eigenvalue weighted by Crippen LogP contribution is -1.94. The van der Waals surface area contributed by atoms with Crippen molar-refractivity contribution in [3.05, 3.63) is 22.3 Å². The van der Waals surface area contributed by atoms with E-state index in [0.29, 0.717) is 6.54 Å². The van der Waals surface area contributed by atoms with Crippen LogP contribution in [0.2, 0.25) is 0 Å². The summed E-state index contributed by atoms with van der Waals surface area (Å²) in [6, 6.07) is 0. The molecule has 0 aliphatic heterocycles. The maximum Gasteiger partial charge on any atom is 0.107 e. The molecule has 2 aromatic heterocycles. The molecule has 0 aliphatic carbocycles. The highest BCUT2D eigenvalue weighted by Gasteiger charge is 2.09. The Morgan fingerprint density at radius 2 is 2.36 bits per heavy atom. The lowest BCUT2D eigenvalue weighted by Gasteiger charge is -1.90. The van der Waals surface area contributed by atoms with Crippen molar-refractivity contribution >= 4 is 11.3 Å². The Morgan fingerprint density at radius 3 is 2.86 bits per heavy atom. The van der Waals surface area contributed by atoms with Crippen molar-refractivity contribution in [1.82, 2.24) is 14.8 Å². The van der Waals surface area contributed by atoms with Gasteiger partial charge in [0.05, 0.1) is 11.4 Å². The SMILES string of the molecule is Cc1nn(C)cc1-c1csc(CN)n1. The molecule has 0 aliphatic rings. The molecule has 5 heteroatoms. The first-order valence-electron chi connectivity index (χ1n) is 4.36. The smallest absolute Gasteiger partial charge is 0.107 e. The molecule has 2 N–H and O–H groups in total. The van der Waals surface area contributed by atoms with Gasteiger partial charge in [0.15, 0.2) is 0 Å². The molecule has 2 aromatic rings. The van der Waals surface area contributed by atoms with E-state index in [0.717, 1.165) is 22.0 Å². The van der Waals surface area contributed by atoms with Crippen molar-refractivity contribution in [2.45, 2.75) is 13.5 Å². The molecule has 0 amide bonds. The highest BCUT2D eigenvalue weighted by molar-refractivity contribution is 7.09. The molecule has 0 bridgehead atoms. The highest BCUT2D eigenvalue weighted by atomic mass is 32.1. The van der Waals surface area contributed by atoms with Gasteiger partial charge in [0.25, 0.3) is 0 Å². The Balaban J connectivity index is 2.43. The van der Waals surface area contributed by atoms with E-state index in [9.17, 15) is 0 Å². The zero-order chi connectivity index (χ0) is 10.1. The van der Waals surface area contributed by atoms with E-state index in [1.807, 2.05) is 25.5 Å². The minimum Gasteiger partial charge on any atom is -0.325 e. The van der Waals surface area contributed by atoms with Gasteiger partial charge in [-0.1, -0.05) is 0 Å². The lowest BCUT2D eigenvalue weighted by atomic mass is 10.2. The summed E-state index contributed by atoms with van der Waals surface area (Å²) in [5, 5.41) is 7.25. The van der Waals surface area contributed by atoms with E-state index >= 15 is 0 Å². The van der Waals surface area contributed by atoms with Gasteiger partial charge in [0.2, 0.25) is 0 Å². The molecule has 0 fully saturated rings. The highest BCUT2D eigenvalue weighted by Crippen LogP contribution is 2.23. The molecule has 0 saturated heterocycles. The Labute approximate surface area is 86.4 Å². The minimum atomic E-state index is 0.504. The molecular formula is C9H12N4S. The predicted molar refractivity (Wildman–Crippen MR) is 56.9 cm³/mol. The second kappa shape index (κ2) is 3.51. The summed E-state index contributed by atoms with van der Waals surface area (Å²) in [5.41, 5.74) is 8.57. The zero-order valence-electron chi connectivity index (χ0n) is 8.19. The van der Waals surface area contributed by atoms with Crippen LogP contribution in [0.5, 0.6) is 0 Å². The fourth-order valence-electron chi connectivity index (χ4n) is 1.38. The number of rotatable bonds is 2. The summed E-state index contributed by atoms with van der Waals surface area (Å²) in [6.07, 6.45) is 1.98. The first-order chi connectivity index (χ1) is 6.70. The van der Waals surface area contributed by atoms with Crippen molar-refractivity contribution in [1.29, 1.82) is 0 Å². The van der Waals surface area contributed by atoms with Gasteiger partial charge in [-0.2, -0.15) is 5.10 Å². The van der Waals surface area contributed by atoms with E-state index < -0.39 is 0 Å². The Bertz CT molecular complexity index is 443. The average molecular weight is 208 g/mol. The van der Waals surface area contributed by atoms with Gasteiger partial charge in [-0.25, -0.2) is 4.98 Å². The molecule has 4 nitrogen and oxygen atoms in total. The molecule has 0 radical (unpaired) electrons. The molecule has 2 rings (SSSR count). The first kappa shape index (κ1) is 9.36. The number of nitrogens with two attached hydrogens (primary N) is 1. The molecule has 14 heavy (non-hydrogen) atoms. The van der Waals surface area contributed by atoms with Crippen LogP contribution in [0.25, 0.3) is 11.3 Å². The van der Waals surface area contributed by atoms with Crippen LogP contribution in [0.4, 0.5) is 0 Å². The fourth-order valence-corrected chi connectivity index (χ4v) is 2.05. The predicted octanol–water partition coefficient (Wildman–Crippen LogP) is 1.31. The third-order valence-corrected chi connectivity index (χ3v) is 2.89. The van der Waals surface area contributed by atoms with E-state index in [2.05, 4.69) is 10.1 Å². The first-order valence-corrected chi connectivity index (χ1v) is 5.23.